The van der Waals surface area contributed by atoms with Crippen molar-refractivity contribution in [2.24, 2.45) is 5.10 Å². The van der Waals surface area contributed by atoms with E-state index in [0.717, 1.165) is 77.5 Å². The number of ether oxygens (including phenoxy) is 1. The Balaban J connectivity index is 1.13. The average molecular weight is 652 g/mol. The summed E-state index contributed by atoms with van der Waals surface area (Å²) in [6.45, 7) is 9.48. The first-order valence-electron chi connectivity index (χ1n) is 15.4. The summed E-state index contributed by atoms with van der Waals surface area (Å²) in [6.07, 6.45) is -2.06. The van der Waals surface area contributed by atoms with Gasteiger partial charge in [-0.15, -0.1) is 0 Å². The van der Waals surface area contributed by atoms with Crippen LogP contribution >= 0.6 is 11.6 Å². The number of likely N-dealkylation sites (N-methyl/N-ethyl adjacent to an activating group) is 1. The van der Waals surface area contributed by atoms with Crippen LogP contribution < -0.4 is 9.91 Å². The molecule has 45 heavy (non-hydrogen) atoms. The van der Waals surface area contributed by atoms with E-state index >= 15 is 0 Å². The van der Waals surface area contributed by atoms with E-state index in [1.165, 1.54) is 42.1 Å². The monoisotopic (exact) mass is 651 g/mol. The third-order valence-electron chi connectivity index (χ3n) is 9.30. The summed E-state index contributed by atoms with van der Waals surface area (Å²) in [5, 5.41) is 5.83. The molecule has 1 atom stereocenters. The van der Waals surface area contributed by atoms with E-state index in [1.54, 1.807) is 0 Å². The van der Waals surface area contributed by atoms with Crippen LogP contribution in [0.25, 0.3) is 0 Å². The molecule has 244 valence electrons. The van der Waals surface area contributed by atoms with Gasteiger partial charge in [0.05, 0.1) is 29.5 Å². The van der Waals surface area contributed by atoms with Crippen LogP contribution in [0.4, 0.5) is 29.1 Å². The number of pyridine rings is 1. The lowest BCUT2D eigenvalue weighted by Crippen LogP contribution is -2.62. The van der Waals surface area contributed by atoms with Gasteiger partial charge in [-0.05, 0) is 50.1 Å². The number of halogens is 5. The van der Waals surface area contributed by atoms with E-state index in [-0.39, 0.29) is 23.0 Å². The highest BCUT2D eigenvalue weighted by molar-refractivity contribution is 6.31. The van der Waals surface area contributed by atoms with Crippen LogP contribution in [0.5, 0.6) is 0 Å². The number of carbonyl (C=O) groups excluding carboxylic acids is 1. The van der Waals surface area contributed by atoms with Gasteiger partial charge in [-0.1, -0.05) is 11.6 Å². The minimum Gasteiger partial charge on any atom is -0.379 e. The molecule has 0 radical (unpaired) electrons. The second-order valence-corrected chi connectivity index (χ2v) is 12.8. The Labute approximate surface area is 265 Å². The molecule has 0 saturated carbocycles. The van der Waals surface area contributed by atoms with E-state index in [4.69, 9.17) is 16.3 Å². The highest BCUT2D eigenvalue weighted by Crippen LogP contribution is 2.35. The van der Waals surface area contributed by atoms with Gasteiger partial charge >= 0.3 is 6.18 Å². The molecule has 1 amide bonds. The Morgan fingerprint density at radius 3 is 2.40 bits per heavy atom. The van der Waals surface area contributed by atoms with Crippen molar-refractivity contribution in [3.05, 3.63) is 52.4 Å². The number of hydrogen-bond donors (Lipinski definition) is 0. The molecule has 9 nitrogen and oxygen atoms in total. The van der Waals surface area contributed by atoms with Crippen LogP contribution in [0.1, 0.15) is 30.5 Å². The minimum absolute atomic E-state index is 0.0501. The van der Waals surface area contributed by atoms with Gasteiger partial charge in [-0.2, -0.15) is 18.3 Å². The first kappa shape index (κ1) is 32.1. The molecule has 1 unspecified atom stereocenters. The normalized spacial score (nSPS) is 22.9. The smallest absolute Gasteiger partial charge is 0.379 e. The summed E-state index contributed by atoms with van der Waals surface area (Å²) < 4.78 is 60.4. The maximum atomic E-state index is 13.8. The highest BCUT2D eigenvalue weighted by Gasteiger charge is 2.41. The molecule has 4 aliphatic rings. The quantitative estimate of drug-likeness (QED) is 0.414. The SMILES string of the molecule is Cc1cc(C(F)(F)F)cc(N2N=C(CN3CC(N4CCC(N5CCOCC5)CC4)C3)CC2C(=O)N(C)c2ccc(F)c(Cl)c2)n1. The number of hydrazone groups is 1. The largest absolute Gasteiger partial charge is 0.416 e. The number of nitrogens with zero attached hydrogens (tertiary/aromatic N) is 7. The van der Waals surface area contributed by atoms with E-state index in [1.807, 2.05) is 0 Å². The molecule has 0 N–H and O–H groups in total. The third-order valence-corrected chi connectivity index (χ3v) is 9.59. The zero-order chi connectivity index (χ0) is 31.9. The van der Waals surface area contributed by atoms with Crippen LogP contribution in [0.15, 0.2) is 35.4 Å². The number of morpholine rings is 1. The van der Waals surface area contributed by atoms with Crippen molar-refractivity contribution < 1.29 is 27.1 Å². The predicted molar refractivity (Wildman–Crippen MR) is 164 cm³/mol. The first-order valence-corrected chi connectivity index (χ1v) is 15.8. The lowest BCUT2D eigenvalue weighted by molar-refractivity contribution is -0.137. The number of hydrogen-bond acceptors (Lipinski definition) is 8. The summed E-state index contributed by atoms with van der Waals surface area (Å²) >= 11 is 5.96. The van der Waals surface area contributed by atoms with Gasteiger partial charge in [0, 0.05) is 82.7 Å². The van der Waals surface area contributed by atoms with Gasteiger partial charge in [0.15, 0.2) is 0 Å². The van der Waals surface area contributed by atoms with E-state index in [0.29, 0.717) is 30.0 Å². The van der Waals surface area contributed by atoms with Crippen LogP contribution in [-0.2, 0) is 15.7 Å². The molecule has 3 fully saturated rings. The number of piperidine rings is 1. The van der Waals surface area contributed by atoms with Gasteiger partial charge < -0.3 is 9.64 Å². The molecular weight excluding hydrogens is 614 g/mol. The minimum atomic E-state index is -4.58. The zero-order valence-corrected chi connectivity index (χ0v) is 26.2. The van der Waals surface area contributed by atoms with Crippen molar-refractivity contribution in [2.45, 2.75) is 50.5 Å². The van der Waals surface area contributed by atoms with Crippen LogP contribution in [0, 0.1) is 12.7 Å². The molecule has 2 aromatic rings. The second-order valence-electron chi connectivity index (χ2n) is 12.3. The molecule has 14 heteroatoms. The number of aromatic nitrogens is 1. The second kappa shape index (κ2) is 13.1. The van der Waals surface area contributed by atoms with Crippen LogP contribution in [0.3, 0.4) is 0 Å². The van der Waals surface area contributed by atoms with Gasteiger partial charge in [0.1, 0.15) is 17.7 Å². The lowest BCUT2D eigenvalue weighted by atomic mass is 9.98. The Kier molecular flexibility index (Phi) is 9.36. The predicted octanol–water partition coefficient (Wildman–Crippen LogP) is 4.28. The number of anilines is 2. The fraction of sp³-hybridized carbons (Fsp3) is 0.581. The van der Waals surface area contributed by atoms with Gasteiger partial charge in [-0.25, -0.2) is 14.4 Å². The van der Waals surface area contributed by atoms with E-state index < -0.39 is 29.5 Å². The van der Waals surface area contributed by atoms with Crippen LogP contribution in [-0.4, -0.2) is 116 Å². The molecule has 3 saturated heterocycles. The molecule has 1 aromatic carbocycles. The number of aryl methyl sites for hydroxylation is 1. The number of rotatable bonds is 7. The van der Waals surface area contributed by atoms with E-state index in [2.05, 4.69) is 24.8 Å². The Hall–Kier alpha value is -2.84. The standard InChI is InChI=1S/C31H38ClF4N7O2/c1-20-13-21(31(34,35)36)14-29(37-20)43-28(30(44)39(2)24-3-4-27(33)26(32)16-24)15-22(38-43)17-40-18-25(19-40)41-7-5-23(6-8-41)42-9-11-45-12-10-42/h3-4,13-14,16,23,25,28H,5-12,15,17-19H2,1-2H3. The maximum absolute atomic E-state index is 13.8. The van der Waals surface area contributed by atoms with Crippen molar-refractivity contribution in [3.8, 4) is 0 Å². The van der Waals surface area contributed by atoms with E-state index in [9.17, 15) is 22.4 Å². The number of carbonyl (C=O) groups is 1. The molecule has 6 rings (SSSR count). The molecule has 5 heterocycles. The molecule has 1 aromatic heterocycles. The van der Waals surface area contributed by atoms with Crippen molar-refractivity contribution in [3.63, 3.8) is 0 Å². The molecule has 0 bridgehead atoms. The zero-order valence-electron chi connectivity index (χ0n) is 25.4. The van der Waals surface area contributed by atoms with Gasteiger partial charge in [0.25, 0.3) is 5.91 Å². The summed E-state index contributed by atoms with van der Waals surface area (Å²) in [5.74, 6) is -1.09. The summed E-state index contributed by atoms with van der Waals surface area (Å²) in [7, 11) is 1.52. The number of benzene rings is 1. The van der Waals surface area contributed by atoms with Crippen LogP contribution in [0.2, 0.25) is 5.02 Å². The Morgan fingerprint density at radius 1 is 1.04 bits per heavy atom. The van der Waals surface area contributed by atoms with Crippen molar-refractivity contribution in [1.29, 1.82) is 0 Å². The topological polar surface area (TPSA) is 67.8 Å². The Morgan fingerprint density at radius 2 is 1.73 bits per heavy atom. The average Bonchev–Trinajstić information content (AvgIpc) is 3.43. The first-order chi connectivity index (χ1) is 21.5. The summed E-state index contributed by atoms with van der Waals surface area (Å²) in [5.41, 5.74) is 0.356. The Bertz CT molecular complexity index is 1420. The fourth-order valence-electron chi connectivity index (χ4n) is 6.77. The number of alkyl halides is 3. The number of likely N-dealkylation sites (tertiary alicyclic amines) is 2. The molecular formula is C31H38ClF4N7O2. The van der Waals surface area contributed by atoms with Crippen molar-refractivity contribution >= 4 is 34.7 Å². The maximum Gasteiger partial charge on any atom is 0.416 e. The molecule has 0 aliphatic carbocycles. The summed E-state index contributed by atoms with van der Waals surface area (Å²) in [4.78, 5) is 26.8. The number of amides is 1. The third kappa shape index (κ3) is 7.12. The van der Waals surface area contributed by atoms with Crippen molar-refractivity contribution in [1.82, 2.24) is 19.7 Å². The van der Waals surface area contributed by atoms with Gasteiger partial charge in [0.2, 0.25) is 0 Å². The van der Waals surface area contributed by atoms with Gasteiger partial charge in [-0.3, -0.25) is 19.5 Å². The highest BCUT2D eigenvalue weighted by atomic mass is 35.5. The molecule has 0 spiro atoms. The fourth-order valence-corrected chi connectivity index (χ4v) is 6.94. The summed E-state index contributed by atoms with van der Waals surface area (Å²) in [6, 6.07) is 5.97. The lowest BCUT2D eigenvalue weighted by Gasteiger charge is -2.49. The molecule has 4 aliphatic heterocycles. The van der Waals surface area contributed by atoms with Crippen molar-refractivity contribution in [2.75, 3.05) is 76.0 Å².